The van der Waals surface area contributed by atoms with Gasteiger partial charge in [-0.25, -0.2) is 4.98 Å². The highest BCUT2D eigenvalue weighted by Crippen LogP contribution is 2.40. The van der Waals surface area contributed by atoms with Crippen molar-refractivity contribution in [2.45, 2.75) is 39.3 Å². The van der Waals surface area contributed by atoms with Crippen LogP contribution in [0, 0.1) is 0 Å². The van der Waals surface area contributed by atoms with E-state index in [-0.39, 0.29) is 11.5 Å². The SMILES string of the molecule is COc1ccc(CN2CCc3c(nc(C(C)C)[nH]c3=O)C2)c(OC)c1OC. The van der Waals surface area contributed by atoms with Gasteiger partial charge in [-0.05, 0) is 12.5 Å². The van der Waals surface area contributed by atoms with Crippen LogP contribution in [0.1, 0.15) is 42.4 Å². The first-order chi connectivity index (χ1) is 13.0. The van der Waals surface area contributed by atoms with E-state index in [1.165, 1.54) is 0 Å². The van der Waals surface area contributed by atoms with E-state index in [9.17, 15) is 4.79 Å². The molecule has 0 atom stereocenters. The predicted molar refractivity (Wildman–Crippen MR) is 103 cm³/mol. The molecular formula is C20H27N3O4. The van der Waals surface area contributed by atoms with Gasteiger partial charge in [0, 0.05) is 36.7 Å². The number of fused-ring (bicyclic) bond motifs is 1. The van der Waals surface area contributed by atoms with Crippen molar-refractivity contribution in [3.8, 4) is 17.2 Å². The second-order valence-electron chi connectivity index (χ2n) is 6.99. The monoisotopic (exact) mass is 373 g/mol. The van der Waals surface area contributed by atoms with Crippen LogP contribution in [0.2, 0.25) is 0 Å². The molecule has 27 heavy (non-hydrogen) atoms. The minimum atomic E-state index is -0.00736. The summed E-state index contributed by atoms with van der Waals surface area (Å²) in [4.78, 5) is 22.2. The molecule has 0 radical (unpaired) electrons. The summed E-state index contributed by atoms with van der Waals surface area (Å²) < 4.78 is 16.4. The fourth-order valence-electron chi connectivity index (χ4n) is 3.45. The zero-order valence-electron chi connectivity index (χ0n) is 16.6. The molecule has 0 unspecified atom stereocenters. The number of H-pyrrole nitrogens is 1. The maximum absolute atomic E-state index is 12.3. The van der Waals surface area contributed by atoms with Crippen LogP contribution in [0.25, 0.3) is 0 Å². The van der Waals surface area contributed by atoms with Crippen LogP contribution in [-0.2, 0) is 19.5 Å². The number of ether oxygens (including phenoxy) is 3. The van der Waals surface area contributed by atoms with E-state index in [1.807, 2.05) is 26.0 Å². The first kappa shape index (κ1) is 19.2. The molecule has 0 bridgehead atoms. The minimum absolute atomic E-state index is 0.00736. The van der Waals surface area contributed by atoms with Crippen molar-refractivity contribution in [2.24, 2.45) is 0 Å². The molecule has 1 aliphatic rings. The van der Waals surface area contributed by atoms with E-state index >= 15 is 0 Å². The molecular weight excluding hydrogens is 346 g/mol. The van der Waals surface area contributed by atoms with Crippen molar-refractivity contribution in [3.05, 3.63) is 45.1 Å². The lowest BCUT2D eigenvalue weighted by molar-refractivity contribution is 0.234. The van der Waals surface area contributed by atoms with Gasteiger partial charge >= 0.3 is 0 Å². The van der Waals surface area contributed by atoms with Gasteiger partial charge in [-0.15, -0.1) is 0 Å². The largest absolute Gasteiger partial charge is 0.493 e. The third kappa shape index (κ3) is 3.78. The molecule has 146 valence electrons. The molecule has 0 fully saturated rings. The highest BCUT2D eigenvalue weighted by Gasteiger charge is 2.24. The Bertz CT molecular complexity index is 876. The van der Waals surface area contributed by atoms with Crippen molar-refractivity contribution in [1.82, 2.24) is 14.9 Å². The average Bonchev–Trinajstić information content (AvgIpc) is 2.67. The third-order valence-electron chi connectivity index (χ3n) is 4.90. The number of hydrogen-bond donors (Lipinski definition) is 1. The molecule has 2 aromatic rings. The van der Waals surface area contributed by atoms with Gasteiger partial charge in [0.05, 0.1) is 27.0 Å². The van der Waals surface area contributed by atoms with Gasteiger partial charge in [-0.3, -0.25) is 9.69 Å². The fourth-order valence-corrected chi connectivity index (χ4v) is 3.45. The average molecular weight is 373 g/mol. The van der Waals surface area contributed by atoms with Crippen molar-refractivity contribution >= 4 is 0 Å². The number of nitrogens with one attached hydrogen (secondary N) is 1. The fraction of sp³-hybridized carbons (Fsp3) is 0.500. The number of rotatable bonds is 6. The van der Waals surface area contributed by atoms with Gasteiger partial charge in [0.15, 0.2) is 11.5 Å². The molecule has 7 nitrogen and oxygen atoms in total. The molecule has 1 aromatic heterocycles. The van der Waals surface area contributed by atoms with E-state index in [0.29, 0.717) is 36.8 Å². The van der Waals surface area contributed by atoms with Crippen LogP contribution in [0.5, 0.6) is 17.2 Å². The van der Waals surface area contributed by atoms with Gasteiger partial charge in [-0.2, -0.15) is 0 Å². The first-order valence-electron chi connectivity index (χ1n) is 9.10. The quantitative estimate of drug-likeness (QED) is 0.838. The number of aromatic nitrogens is 2. The van der Waals surface area contributed by atoms with Gasteiger partial charge < -0.3 is 19.2 Å². The lowest BCUT2D eigenvalue weighted by Gasteiger charge is -2.28. The van der Waals surface area contributed by atoms with E-state index in [1.54, 1.807) is 21.3 Å². The van der Waals surface area contributed by atoms with Crippen LogP contribution < -0.4 is 19.8 Å². The van der Waals surface area contributed by atoms with Crippen LogP contribution in [0.4, 0.5) is 0 Å². The van der Waals surface area contributed by atoms with Crippen LogP contribution >= 0.6 is 0 Å². The summed E-state index contributed by atoms with van der Waals surface area (Å²) in [6.07, 6.45) is 0.686. The zero-order chi connectivity index (χ0) is 19.6. The maximum Gasteiger partial charge on any atom is 0.254 e. The zero-order valence-corrected chi connectivity index (χ0v) is 16.6. The summed E-state index contributed by atoms with van der Waals surface area (Å²) >= 11 is 0. The predicted octanol–water partition coefficient (Wildman–Crippen LogP) is 2.48. The number of methoxy groups -OCH3 is 3. The molecule has 7 heteroatoms. The molecule has 0 amide bonds. The number of aromatic amines is 1. The standard InChI is InChI=1S/C20H27N3O4/c1-12(2)19-21-15-11-23(9-8-14(15)20(24)22-19)10-13-6-7-16(25-3)18(27-5)17(13)26-4/h6-7,12H,8-11H2,1-5H3,(H,21,22,24). The van der Waals surface area contributed by atoms with Crippen LogP contribution in [0.3, 0.4) is 0 Å². The molecule has 0 aliphatic carbocycles. The summed E-state index contributed by atoms with van der Waals surface area (Å²) in [6, 6.07) is 3.87. The molecule has 1 aliphatic heterocycles. The van der Waals surface area contributed by atoms with Gasteiger partial charge in [0.1, 0.15) is 5.82 Å². The first-order valence-corrected chi connectivity index (χ1v) is 9.10. The molecule has 0 saturated carbocycles. The topological polar surface area (TPSA) is 76.7 Å². The summed E-state index contributed by atoms with van der Waals surface area (Å²) in [5, 5.41) is 0. The van der Waals surface area contributed by atoms with E-state index in [0.717, 1.165) is 29.2 Å². The Morgan fingerprint density at radius 3 is 2.52 bits per heavy atom. The molecule has 3 rings (SSSR count). The molecule has 2 heterocycles. The lowest BCUT2D eigenvalue weighted by atomic mass is 10.0. The Labute approximate surface area is 159 Å². The van der Waals surface area contributed by atoms with Gasteiger partial charge in [0.2, 0.25) is 5.75 Å². The summed E-state index contributed by atoms with van der Waals surface area (Å²) in [6.45, 7) is 6.15. The number of nitrogens with zero attached hydrogens (tertiary/aromatic N) is 2. The van der Waals surface area contributed by atoms with Crippen molar-refractivity contribution in [3.63, 3.8) is 0 Å². The smallest absolute Gasteiger partial charge is 0.254 e. The Morgan fingerprint density at radius 2 is 1.89 bits per heavy atom. The van der Waals surface area contributed by atoms with Gasteiger partial charge in [0.25, 0.3) is 5.56 Å². The van der Waals surface area contributed by atoms with Crippen molar-refractivity contribution < 1.29 is 14.2 Å². The van der Waals surface area contributed by atoms with Crippen molar-refractivity contribution in [1.29, 1.82) is 0 Å². The highest BCUT2D eigenvalue weighted by molar-refractivity contribution is 5.55. The Kier molecular flexibility index (Phi) is 5.70. The van der Waals surface area contributed by atoms with E-state index in [2.05, 4.69) is 9.88 Å². The lowest BCUT2D eigenvalue weighted by Crippen LogP contribution is -2.35. The second-order valence-corrected chi connectivity index (χ2v) is 6.99. The third-order valence-corrected chi connectivity index (χ3v) is 4.90. The Hall–Kier alpha value is -2.54. The summed E-state index contributed by atoms with van der Waals surface area (Å²) in [5.41, 5.74) is 2.67. The Balaban J connectivity index is 1.88. The highest BCUT2D eigenvalue weighted by atomic mass is 16.5. The summed E-state index contributed by atoms with van der Waals surface area (Å²) in [5.74, 6) is 2.82. The maximum atomic E-state index is 12.3. The minimum Gasteiger partial charge on any atom is -0.493 e. The van der Waals surface area contributed by atoms with Crippen LogP contribution in [-0.4, -0.2) is 42.7 Å². The van der Waals surface area contributed by atoms with Crippen molar-refractivity contribution in [2.75, 3.05) is 27.9 Å². The van der Waals surface area contributed by atoms with Gasteiger partial charge in [-0.1, -0.05) is 19.9 Å². The van der Waals surface area contributed by atoms with E-state index in [4.69, 9.17) is 19.2 Å². The molecule has 0 spiro atoms. The second kappa shape index (κ2) is 8.00. The summed E-state index contributed by atoms with van der Waals surface area (Å²) in [7, 11) is 4.83. The molecule has 1 N–H and O–H groups in total. The Morgan fingerprint density at radius 1 is 1.15 bits per heavy atom. The number of hydrogen-bond acceptors (Lipinski definition) is 6. The number of benzene rings is 1. The molecule has 1 aromatic carbocycles. The molecule has 0 saturated heterocycles. The normalized spacial score (nSPS) is 14.1. The van der Waals surface area contributed by atoms with Crippen LogP contribution in [0.15, 0.2) is 16.9 Å². The van der Waals surface area contributed by atoms with E-state index < -0.39 is 0 Å².